The first-order valence-corrected chi connectivity index (χ1v) is 11.1. The molecule has 162 valence electrons. The van der Waals surface area contributed by atoms with Crippen molar-refractivity contribution in [1.82, 2.24) is 25.0 Å². The summed E-state index contributed by atoms with van der Waals surface area (Å²) >= 11 is 5.70. The van der Waals surface area contributed by atoms with Crippen molar-refractivity contribution in [3.8, 4) is 5.69 Å². The molecule has 0 saturated heterocycles. The number of hydrogen-bond donors (Lipinski definition) is 2. The van der Waals surface area contributed by atoms with Gasteiger partial charge in [-0.1, -0.05) is 29.8 Å². The maximum Gasteiger partial charge on any atom is 0.255 e. The lowest BCUT2D eigenvalue weighted by molar-refractivity contribution is -0.113. The van der Waals surface area contributed by atoms with Crippen LogP contribution in [0.1, 0.15) is 36.9 Å². The second kappa shape index (κ2) is 8.20. The predicted octanol–water partition coefficient (Wildman–Crippen LogP) is 3.88. The van der Waals surface area contributed by atoms with Gasteiger partial charge >= 0.3 is 0 Å². The lowest BCUT2D eigenvalue weighted by Gasteiger charge is -2.38. The molecule has 2 aliphatic rings. The number of allylic oxidation sites excluding steroid dienone is 1. The third kappa shape index (κ3) is 3.89. The van der Waals surface area contributed by atoms with Crippen LogP contribution in [0, 0.1) is 6.92 Å². The molecule has 1 aliphatic carbocycles. The number of amides is 1. The minimum absolute atomic E-state index is 0.127. The molecule has 8 heteroatoms. The smallest absolute Gasteiger partial charge is 0.255 e. The Hall–Kier alpha value is -3.52. The summed E-state index contributed by atoms with van der Waals surface area (Å²) in [7, 11) is 0. The zero-order valence-electron chi connectivity index (χ0n) is 17.9. The normalized spacial score (nSPS) is 18.5. The maximum atomic E-state index is 13.5. The molecule has 1 amide bonds. The number of carbonyl (C=O) groups excluding carboxylic acids is 1. The van der Waals surface area contributed by atoms with Gasteiger partial charge in [0.05, 0.1) is 17.3 Å². The van der Waals surface area contributed by atoms with Crippen LogP contribution in [-0.2, 0) is 4.79 Å². The quantitative estimate of drug-likeness (QED) is 0.582. The highest BCUT2D eigenvalue weighted by Gasteiger charge is 2.40. The molecule has 1 aliphatic heterocycles. The maximum absolute atomic E-state index is 13.5. The molecule has 5 rings (SSSR count). The van der Waals surface area contributed by atoms with Crippen molar-refractivity contribution in [2.75, 3.05) is 5.32 Å². The third-order valence-corrected chi connectivity index (χ3v) is 6.22. The Kier molecular flexibility index (Phi) is 5.22. The molecule has 0 radical (unpaired) electrons. The molecule has 1 fully saturated rings. The van der Waals surface area contributed by atoms with E-state index in [9.17, 15) is 4.79 Å². The summed E-state index contributed by atoms with van der Waals surface area (Å²) in [4.78, 5) is 19.6. The average Bonchev–Trinajstić information content (AvgIpc) is 3.46. The van der Waals surface area contributed by atoms with Gasteiger partial charge in [-0.25, -0.2) is 9.67 Å². The fraction of sp³-hybridized carbons (Fsp3) is 0.250. The Morgan fingerprint density at radius 2 is 1.81 bits per heavy atom. The van der Waals surface area contributed by atoms with Gasteiger partial charge in [-0.15, -0.1) is 0 Å². The molecule has 7 nitrogen and oxygen atoms in total. The zero-order valence-corrected chi connectivity index (χ0v) is 18.8. The molecular weight excluding hydrogens is 420 g/mol. The van der Waals surface area contributed by atoms with E-state index in [0.717, 1.165) is 41.0 Å². The summed E-state index contributed by atoms with van der Waals surface area (Å²) in [6.45, 7) is 4.02. The minimum atomic E-state index is -0.340. The lowest BCUT2D eigenvalue weighted by Crippen LogP contribution is -2.49. The number of anilines is 1. The van der Waals surface area contributed by atoms with E-state index in [2.05, 4.69) is 25.6 Å². The van der Waals surface area contributed by atoms with E-state index in [1.54, 1.807) is 11.0 Å². The van der Waals surface area contributed by atoms with Gasteiger partial charge in [0.2, 0.25) is 0 Å². The molecule has 2 aromatic carbocycles. The number of rotatable bonds is 5. The molecule has 0 spiro atoms. The predicted molar refractivity (Wildman–Crippen MR) is 127 cm³/mol. The van der Waals surface area contributed by atoms with Gasteiger partial charge in [0.15, 0.2) is 5.11 Å². The highest BCUT2D eigenvalue weighted by molar-refractivity contribution is 7.80. The van der Waals surface area contributed by atoms with Gasteiger partial charge in [-0.3, -0.25) is 4.79 Å². The Balaban J connectivity index is 1.50. The van der Waals surface area contributed by atoms with E-state index in [4.69, 9.17) is 12.2 Å². The average molecular weight is 445 g/mol. The van der Waals surface area contributed by atoms with Crippen LogP contribution in [0.5, 0.6) is 0 Å². The van der Waals surface area contributed by atoms with Crippen LogP contribution in [-0.4, -0.2) is 36.7 Å². The van der Waals surface area contributed by atoms with Crippen LogP contribution in [0.4, 0.5) is 5.69 Å². The number of carbonyl (C=O) groups is 1. The highest BCUT2D eigenvalue weighted by atomic mass is 32.1. The highest BCUT2D eigenvalue weighted by Crippen LogP contribution is 2.38. The largest absolute Gasteiger partial charge is 0.351 e. The molecule has 1 atom stereocenters. The zero-order chi connectivity index (χ0) is 22.2. The van der Waals surface area contributed by atoms with E-state index in [-0.39, 0.29) is 11.9 Å². The summed E-state index contributed by atoms with van der Waals surface area (Å²) in [5, 5.41) is 11.3. The summed E-state index contributed by atoms with van der Waals surface area (Å²) in [6, 6.07) is 15.8. The summed E-state index contributed by atoms with van der Waals surface area (Å²) < 4.78 is 1.70. The minimum Gasteiger partial charge on any atom is -0.351 e. The monoisotopic (exact) mass is 444 g/mol. The van der Waals surface area contributed by atoms with E-state index < -0.39 is 0 Å². The Morgan fingerprint density at radius 3 is 2.44 bits per heavy atom. The van der Waals surface area contributed by atoms with E-state index in [1.165, 1.54) is 6.33 Å². The fourth-order valence-corrected chi connectivity index (χ4v) is 4.47. The van der Waals surface area contributed by atoms with Crippen LogP contribution >= 0.6 is 12.2 Å². The van der Waals surface area contributed by atoms with Gasteiger partial charge in [-0.05, 0) is 68.7 Å². The molecule has 3 aromatic rings. The number of nitrogens with one attached hydrogen (secondary N) is 2. The van der Waals surface area contributed by atoms with Gasteiger partial charge in [-0.2, -0.15) is 5.10 Å². The molecule has 32 heavy (non-hydrogen) atoms. The van der Waals surface area contributed by atoms with Crippen LogP contribution in [0.25, 0.3) is 5.69 Å². The van der Waals surface area contributed by atoms with Crippen molar-refractivity contribution in [2.24, 2.45) is 0 Å². The third-order valence-electron chi connectivity index (χ3n) is 5.90. The molecular formula is C24H24N6OS. The molecule has 1 saturated carbocycles. The van der Waals surface area contributed by atoms with Crippen LogP contribution < -0.4 is 10.6 Å². The number of nitrogens with zero attached hydrogens (tertiary/aromatic N) is 4. The molecule has 2 N–H and O–H groups in total. The Bertz CT molecular complexity index is 1180. The number of aromatic nitrogens is 3. The number of aryl methyl sites for hydroxylation is 1. The SMILES string of the molecule is CC1=C(C(=O)Nc2ccc(C)cc2)C(c2ccc(-n3cncn3)cc2)NC(=S)N1C1CC1. The second-order valence-corrected chi connectivity index (χ2v) is 8.62. The molecule has 2 heterocycles. The van der Waals surface area contributed by atoms with Gasteiger partial charge in [0.25, 0.3) is 5.91 Å². The second-order valence-electron chi connectivity index (χ2n) is 8.23. The van der Waals surface area contributed by atoms with E-state index in [1.807, 2.05) is 62.4 Å². The fourth-order valence-electron chi connectivity index (χ4n) is 4.07. The Morgan fingerprint density at radius 1 is 1.09 bits per heavy atom. The van der Waals surface area contributed by atoms with Crippen molar-refractivity contribution < 1.29 is 4.79 Å². The summed E-state index contributed by atoms with van der Waals surface area (Å²) in [5.74, 6) is -0.127. The van der Waals surface area contributed by atoms with Crippen LogP contribution in [0.2, 0.25) is 0 Å². The topological polar surface area (TPSA) is 75.1 Å². The molecule has 1 unspecified atom stereocenters. The molecule has 1 aromatic heterocycles. The van der Waals surface area contributed by atoms with Crippen LogP contribution in [0.15, 0.2) is 72.5 Å². The number of thiocarbonyl (C=S) groups is 1. The first kappa shape index (κ1) is 20.4. The van der Waals surface area contributed by atoms with Crippen molar-refractivity contribution in [3.63, 3.8) is 0 Å². The molecule has 0 bridgehead atoms. The van der Waals surface area contributed by atoms with E-state index in [0.29, 0.717) is 16.7 Å². The summed E-state index contributed by atoms with van der Waals surface area (Å²) in [6.07, 6.45) is 5.33. The van der Waals surface area contributed by atoms with Gasteiger partial charge < -0.3 is 15.5 Å². The first-order valence-electron chi connectivity index (χ1n) is 10.6. The number of hydrogen-bond acceptors (Lipinski definition) is 4. The van der Waals surface area contributed by atoms with Crippen molar-refractivity contribution >= 4 is 28.9 Å². The number of benzene rings is 2. The van der Waals surface area contributed by atoms with Crippen molar-refractivity contribution in [2.45, 2.75) is 38.8 Å². The van der Waals surface area contributed by atoms with Gasteiger partial charge in [0.1, 0.15) is 12.7 Å². The van der Waals surface area contributed by atoms with Gasteiger partial charge in [0, 0.05) is 17.4 Å². The first-order chi connectivity index (χ1) is 15.5. The van der Waals surface area contributed by atoms with E-state index >= 15 is 0 Å². The standard InChI is InChI=1S/C24H24N6OS/c1-15-3-7-18(8-4-15)27-23(31)21-16(2)30(20-11-12-20)24(32)28-22(21)17-5-9-19(10-6-17)29-14-25-13-26-29/h3-10,13-14,20,22H,11-12H2,1-2H3,(H,27,31)(H,28,32). The lowest BCUT2D eigenvalue weighted by atomic mass is 9.94. The summed E-state index contributed by atoms with van der Waals surface area (Å²) in [5.41, 5.74) is 5.36. The Labute approximate surface area is 192 Å². The van der Waals surface area contributed by atoms with Crippen molar-refractivity contribution in [1.29, 1.82) is 0 Å². The van der Waals surface area contributed by atoms with Crippen LogP contribution in [0.3, 0.4) is 0 Å². The van der Waals surface area contributed by atoms with Crippen molar-refractivity contribution in [3.05, 3.63) is 83.6 Å².